The number of hydrogen-bond donors (Lipinski definition) is 0. The van der Waals surface area contributed by atoms with Gasteiger partial charge in [0.15, 0.2) is 11.5 Å². The Morgan fingerprint density at radius 1 is 0.964 bits per heavy atom. The fraction of sp³-hybridized carbons (Fsp3) is 0.304. The van der Waals surface area contributed by atoms with Crippen LogP contribution in [0.2, 0.25) is 0 Å². The van der Waals surface area contributed by atoms with Crippen molar-refractivity contribution in [3.63, 3.8) is 0 Å². The van der Waals surface area contributed by atoms with E-state index < -0.39 is 0 Å². The van der Waals surface area contributed by atoms with Crippen LogP contribution in [0.15, 0.2) is 54.6 Å². The number of carbonyl (C=O) groups is 1. The van der Waals surface area contributed by atoms with Gasteiger partial charge in [-0.3, -0.25) is 4.79 Å². The van der Waals surface area contributed by atoms with E-state index in [2.05, 4.69) is 11.1 Å². The number of hydrogen-bond acceptors (Lipinski definition) is 4. The average Bonchev–Trinajstić information content (AvgIpc) is 3.11. The van der Waals surface area contributed by atoms with Gasteiger partial charge in [-0.15, -0.1) is 0 Å². The lowest BCUT2D eigenvalue weighted by Crippen LogP contribution is -2.31. The lowest BCUT2D eigenvalue weighted by atomic mass is 10.0. The average molecular weight is 374 g/mol. The van der Waals surface area contributed by atoms with E-state index in [1.54, 1.807) is 0 Å². The molecule has 1 amide bonds. The maximum absolute atomic E-state index is 13.2. The van der Waals surface area contributed by atoms with Gasteiger partial charge in [0.05, 0.1) is 24.8 Å². The van der Waals surface area contributed by atoms with Crippen LogP contribution in [0, 0.1) is 0 Å². The first kappa shape index (κ1) is 17.0. The van der Waals surface area contributed by atoms with E-state index in [1.807, 2.05) is 53.4 Å². The molecular weight excluding hydrogens is 352 g/mol. The lowest BCUT2D eigenvalue weighted by molar-refractivity contribution is 0.0730. The molecule has 0 saturated carbocycles. The van der Waals surface area contributed by atoms with Gasteiger partial charge in [0.2, 0.25) is 0 Å². The van der Waals surface area contributed by atoms with Crippen LogP contribution in [0.25, 0.3) is 10.9 Å². The quantitative estimate of drug-likeness (QED) is 0.668. The van der Waals surface area contributed by atoms with Crippen LogP contribution in [0.4, 0.5) is 0 Å². The second kappa shape index (κ2) is 7.15. The number of likely N-dealkylation sites (tertiary alicyclic amines) is 1. The Morgan fingerprint density at radius 3 is 2.75 bits per heavy atom. The number of pyridine rings is 1. The molecule has 2 aliphatic heterocycles. The molecule has 0 aliphatic carbocycles. The number of benzene rings is 2. The largest absolute Gasteiger partial charge is 0.490 e. The first-order valence-electron chi connectivity index (χ1n) is 9.86. The first-order valence-corrected chi connectivity index (χ1v) is 9.86. The highest BCUT2D eigenvalue weighted by Gasteiger charge is 2.32. The van der Waals surface area contributed by atoms with Gasteiger partial charge in [0, 0.05) is 18.4 Å². The molecule has 1 aromatic heterocycles. The highest BCUT2D eigenvalue weighted by molar-refractivity contribution is 5.95. The summed E-state index contributed by atoms with van der Waals surface area (Å²) in [6.07, 6.45) is 2.81. The van der Waals surface area contributed by atoms with Crippen molar-refractivity contribution in [1.29, 1.82) is 0 Å². The molecule has 2 aliphatic rings. The number of nitrogens with zero attached hydrogens (tertiary/aromatic N) is 2. The van der Waals surface area contributed by atoms with Gasteiger partial charge >= 0.3 is 0 Å². The van der Waals surface area contributed by atoms with Gasteiger partial charge in [-0.2, -0.15) is 0 Å². The summed E-state index contributed by atoms with van der Waals surface area (Å²) in [5.74, 6) is 1.55. The predicted octanol–water partition coefficient (Wildman–Crippen LogP) is 4.37. The first-order chi connectivity index (χ1) is 13.8. The van der Waals surface area contributed by atoms with Crippen LogP contribution in [-0.2, 0) is 0 Å². The molecule has 142 valence electrons. The Hall–Kier alpha value is -3.08. The second-order valence-corrected chi connectivity index (χ2v) is 7.30. The Bertz CT molecular complexity index is 1030. The van der Waals surface area contributed by atoms with Gasteiger partial charge in [0.1, 0.15) is 5.69 Å². The van der Waals surface area contributed by atoms with E-state index in [1.165, 1.54) is 0 Å². The maximum Gasteiger partial charge on any atom is 0.272 e. The van der Waals surface area contributed by atoms with E-state index in [0.717, 1.165) is 53.8 Å². The van der Waals surface area contributed by atoms with Crippen molar-refractivity contribution in [2.24, 2.45) is 0 Å². The summed E-state index contributed by atoms with van der Waals surface area (Å²) in [5.41, 5.74) is 2.44. The number of amides is 1. The summed E-state index contributed by atoms with van der Waals surface area (Å²) in [6, 6.07) is 17.8. The highest BCUT2D eigenvalue weighted by Crippen LogP contribution is 2.38. The summed E-state index contributed by atoms with van der Waals surface area (Å²) in [7, 11) is 0. The summed E-state index contributed by atoms with van der Waals surface area (Å²) < 4.78 is 11.6. The molecule has 1 saturated heterocycles. The molecule has 0 radical (unpaired) electrons. The van der Waals surface area contributed by atoms with E-state index in [9.17, 15) is 4.79 Å². The molecule has 28 heavy (non-hydrogen) atoms. The van der Waals surface area contributed by atoms with Crippen LogP contribution in [0.3, 0.4) is 0 Å². The van der Waals surface area contributed by atoms with E-state index >= 15 is 0 Å². The lowest BCUT2D eigenvalue weighted by Gasteiger charge is -2.25. The SMILES string of the molecule is O=C(c1ccc2ccccc2n1)N1CCC[C@H]1c1ccc2c(c1)OCCCO2. The summed E-state index contributed by atoms with van der Waals surface area (Å²) in [5, 5.41) is 1.04. The molecule has 1 atom stereocenters. The zero-order valence-corrected chi connectivity index (χ0v) is 15.6. The van der Waals surface area contributed by atoms with Crippen molar-refractivity contribution < 1.29 is 14.3 Å². The maximum atomic E-state index is 13.2. The second-order valence-electron chi connectivity index (χ2n) is 7.30. The van der Waals surface area contributed by atoms with Crippen molar-refractivity contribution in [2.75, 3.05) is 19.8 Å². The Labute approximate surface area is 163 Å². The summed E-state index contributed by atoms with van der Waals surface area (Å²) in [4.78, 5) is 19.8. The van der Waals surface area contributed by atoms with Crippen LogP contribution >= 0.6 is 0 Å². The van der Waals surface area contributed by atoms with Crippen molar-refractivity contribution >= 4 is 16.8 Å². The minimum absolute atomic E-state index is 0.0136. The van der Waals surface area contributed by atoms with Crippen LogP contribution in [0.1, 0.15) is 41.4 Å². The van der Waals surface area contributed by atoms with Crippen LogP contribution in [0.5, 0.6) is 11.5 Å². The molecule has 5 nitrogen and oxygen atoms in total. The number of para-hydroxylation sites is 1. The third kappa shape index (κ3) is 3.07. The summed E-state index contributed by atoms with van der Waals surface area (Å²) in [6.45, 7) is 2.07. The van der Waals surface area contributed by atoms with Crippen LogP contribution in [-0.4, -0.2) is 35.5 Å². The molecule has 3 aromatic rings. The fourth-order valence-electron chi connectivity index (χ4n) is 4.08. The molecular formula is C23H22N2O3. The van der Waals surface area contributed by atoms with E-state index in [-0.39, 0.29) is 11.9 Å². The van der Waals surface area contributed by atoms with Crippen LogP contribution < -0.4 is 9.47 Å². The Morgan fingerprint density at radius 2 is 1.82 bits per heavy atom. The normalized spacial score (nSPS) is 18.9. The van der Waals surface area contributed by atoms with Gasteiger partial charge in [0.25, 0.3) is 5.91 Å². The topological polar surface area (TPSA) is 51.7 Å². The number of rotatable bonds is 2. The third-order valence-electron chi connectivity index (χ3n) is 5.49. The van der Waals surface area contributed by atoms with Crippen molar-refractivity contribution in [3.8, 4) is 11.5 Å². The molecule has 3 heterocycles. The van der Waals surface area contributed by atoms with Gasteiger partial charge in [-0.1, -0.05) is 30.3 Å². The van der Waals surface area contributed by atoms with E-state index in [4.69, 9.17) is 9.47 Å². The molecule has 5 rings (SSSR count). The van der Waals surface area contributed by atoms with Gasteiger partial charge < -0.3 is 14.4 Å². The summed E-state index contributed by atoms with van der Waals surface area (Å²) >= 11 is 0. The van der Waals surface area contributed by atoms with Crippen molar-refractivity contribution in [3.05, 3.63) is 65.9 Å². The van der Waals surface area contributed by atoms with Crippen molar-refractivity contribution in [1.82, 2.24) is 9.88 Å². The molecule has 0 unspecified atom stereocenters. The highest BCUT2D eigenvalue weighted by atomic mass is 16.5. The molecule has 0 spiro atoms. The smallest absolute Gasteiger partial charge is 0.272 e. The minimum atomic E-state index is -0.0136. The van der Waals surface area contributed by atoms with Crippen molar-refractivity contribution in [2.45, 2.75) is 25.3 Å². The minimum Gasteiger partial charge on any atom is -0.490 e. The zero-order valence-electron chi connectivity index (χ0n) is 15.6. The molecule has 0 bridgehead atoms. The standard InChI is InChI=1S/C23H22N2O3/c26-23(19-10-8-16-5-1-2-6-18(16)24-19)25-12-3-7-20(25)17-9-11-21-22(15-17)28-14-4-13-27-21/h1-2,5-6,8-11,15,20H,3-4,7,12-14H2/t20-/m0/s1. The van der Waals surface area contributed by atoms with E-state index in [0.29, 0.717) is 18.9 Å². The number of aromatic nitrogens is 1. The number of carbonyl (C=O) groups excluding carboxylic acids is 1. The molecule has 2 aromatic carbocycles. The monoisotopic (exact) mass is 374 g/mol. The molecule has 5 heteroatoms. The number of fused-ring (bicyclic) bond motifs is 2. The zero-order chi connectivity index (χ0) is 18.9. The molecule has 0 N–H and O–H groups in total. The predicted molar refractivity (Wildman–Crippen MR) is 107 cm³/mol. The van der Waals surface area contributed by atoms with Gasteiger partial charge in [-0.05, 0) is 42.7 Å². The Kier molecular flexibility index (Phi) is 4.35. The fourth-order valence-corrected chi connectivity index (χ4v) is 4.08. The third-order valence-corrected chi connectivity index (χ3v) is 5.49. The number of ether oxygens (including phenoxy) is 2. The molecule has 1 fully saturated rings. The van der Waals surface area contributed by atoms with Gasteiger partial charge in [-0.25, -0.2) is 4.98 Å². The Balaban J connectivity index is 1.44.